The number of hydrogen-bond donors (Lipinski definition) is 4. The van der Waals surface area contributed by atoms with E-state index >= 15 is 0 Å². The van der Waals surface area contributed by atoms with Gasteiger partial charge in [-0.3, -0.25) is 19.0 Å². The van der Waals surface area contributed by atoms with Gasteiger partial charge in [0.15, 0.2) is 0 Å². The third-order valence-corrected chi connectivity index (χ3v) is 6.21. The zero-order valence-corrected chi connectivity index (χ0v) is 21.3. The summed E-state index contributed by atoms with van der Waals surface area (Å²) in [5.74, 6) is -3.48. The molecule has 4 N–H and O–H groups in total. The summed E-state index contributed by atoms with van der Waals surface area (Å²) in [5.41, 5.74) is -0.361. The number of aromatic carboxylic acids is 2. The highest BCUT2D eigenvalue weighted by atomic mass is 32.2. The molecule has 0 aliphatic carbocycles. The Hall–Kier alpha value is -4.17. The molecule has 12 nitrogen and oxygen atoms in total. The molecular formula is C23H22N6O6S2. The fourth-order valence-corrected chi connectivity index (χ4v) is 4.26. The highest BCUT2D eigenvalue weighted by Crippen LogP contribution is 2.21. The van der Waals surface area contributed by atoms with Crippen molar-refractivity contribution in [2.24, 2.45) is 0 Å². The lowest BCUT2D eigenvalue weighted by Crippen LogP contribution is -2.26. The number of rotatable bonds is 11. The van der Waals surface area contributed by atoms with Gasteiger partial charge < -0.3 is 15.1 Å². The van der Waals surface area contributed by atoms with Gasteiger partial charge in [-0.05, 0) is 38.1 Å². The maximum atomic E-state index is 12.6. The first-order valence-corrected chi connectivity index (χ1v) is 12.5. The zero-order chi connectivity index (χ0) is 26.9. The van der Waals surface area contributed by atoms with Gasteiger partial charge in [-0.2, -0.15) is 15.0 Å². The van der Waals surface area contributed by atoms with Crippen molar-refractivity contribution in [2.75, 3.05) is 18.0 Å². The Morgan fingerprint density at radius 1 is 0.703 bits per heavy atom. The minimum Gasteiger partial charge on any atom is -0.478 e. The van der Waals surface area contributed by atoms with Crippen molar-refractivity contribution >= 4 is 53.6 Å². The molecule has 2 amide bonds. The summed E-state index contributed by atoms with van der Waals surface area (Å²) in [5, 5.41) is 18.8. The third-order valence-electron chi connectivity index (χ3n) is 4.90. The lowest BCUT2D eigenvalue weighted by molar-refractivity contribution is 0.0683. The normalized spacial score (nSPS) is 10.4. The number of anilines is 1. The summed E-state index contributed by atoms with van der Waals surface area (Å²) in [6.45, 7) is 4.96. The standard InChI is InChI=1S/C23H22N6O6S2/c1-3-29(4-2)21-24-22(36-27-17(30)13-9-5-7-11-15(13)19(32)33)26-23(25-21)37-28-18(31)14-10-6-8-12-16(14)20(34)35/h5-12H,3-4H2,1-2H3,(H,27,30)(H,28,31)(H,32,33)(H,34,35). The Bertz CT molecular complexity index is 1240. The van der Waals surface area contributed by atoms with Crippen LogP contribution in [0.25, 0.3) is 0 Å². The van der Waals surface area contributed by atoms with E-state index in [0.29, 0.717) is 19.0 Å². The van der Waals surface area contributed by atoms with E-state index in [1.807, 2.05) is 18.7 Å². The first kappa shape index (κ1) is 27.4. The zero-order valence-electron chi connectivity index (χ0n) is 19.7. The fourth-order valence-electron chi connectivity index (χ4n) is 3.10. The topological polar surface area (TPSA) is 175 Å². The number of amides is 2. The summed E-state index contributed by atoms with van der Waals surface area (Å²) in [4.78, 5) is 62.9. The van der Waals surface area contributed by atoms with E-state index in [1.165, 1.54) is 36.4 Å². The summed E-state index contributed by atoms with van der Waals surface area (Å²) >= 11 is 1.52. The molecule has 3 rings (SSSR count). The smallest absolute Gasteiger partial charge is 0.336 e. The molecule has 1 heterocycles. The summed E-state index contributed by atoms with van der Waals surface area (Å²) in [6.07, 6.45) is 0. The van der Waals surface area contributed by atoms with Gasteiger partial charge in [0, 0.05) is 37.0 Å². The maximum absolute atomic E-state index is 12.6. The number of carbonyl (C=O) groups is 4. The average molecular weight is 543 g/mol. The third kappa shape index (κ3) is 6.95. The van der Waals surface area contributed by atoms with Crippen molar-refractivity contribution in [3.05, 3.63) is 70.8 Å². The van der Waals surface area contributed by atoms with Gasteiger partial charge >= 0.3 is 11.9 Å². The molecule has 3 aromatic rings. The molecule has 0 aliphatic rings. The van der Waals surface area contributed by atoms with Crippen LogP contribution in [0.4, 0.5) is 5.95 Å². The van der Waals surface area contributed by atoms with Crippen molar-refractivity contribution < 1.29 is 29.4 Å². The van der Waals surface area contributed by atoms with Crippen molar-refractivity contribution in [3.8, 4) is 0 Å². The molecule has 0 saturated heterocycles. The lowest BCUT2D eigenvalue weighted by Gasteiger charge is -2.19. The van der Waals surface area contributed by atoms with Gasteiger partial charge in [-0.1, -0.05) is 24.3 Å². The van der Waals surface area contributed by atoms with Crippen LogP contribution < -0.4 is 14.3 Å². The fraction of sp³-hybridized carbons (Fsp3) is 0.174. The van der Waals surface area contributed by atoms with E-state index in [0.717, 1.165) is 23.9 Å². The largest absolute Gasteiger partial charge is 0.478 e. The molecular weight excluding hydrogens is 520 g/mol. The summed E-state index contributed by atoms with van der Waals surface area (Å²) < 4.78 is 5.06. The van der Waals surface area contributed by atoms with E-state index < -0.39 is 23.8 Å². The number of benzene rings is 2. The number of hydrogen-bond acceptors (Lipinski definition) is 10. The van der Waals surface area contributed by atoms with Crippen molar-refractivity contribution in [2.45, 2.75) is 24.2 Å². The van der Waals surface area contributed by atoms with Crippen LogP contribution in [0.2, 0.25) is 0 Å². The molecule has 1 aromatic heterocycles. The minimum atomic E-state index is -1.24. The first-order valence-electron chi connectivity index (χ1n) is 10.8. The SMILES string of the molecule is CCN(CC)c1nc(SNC(=O)c2ccccc2C(=O)O)nc(SNC(=O)c2ccccc2C(=O)O)n1. The number of carboxylic acids is 2. The highest BCUT2D eigenvalue weighted by molar-refractivity contribution is 7.98. The second-order valence-corrected chi connectivity index (χ2v) is 8.69. The quantitative estimate of drug-likeness (QED) is 0.261. The van der Waals surface area contributed by atoms with Crippen molar-refractivity contribution in [1.29, 1.82) is 0 Å². The van der Waals surface area contributed by atoms with Crippen LogP contribution in [0, 0.1) is 0 Å². The maximum Gasteiger partial charge on any atom is 0.336 e. The first-order chi connectivity index (χ1) is 17.7. The molecule has 0 aliphatic heterocycles. The van der Waals surface area contributed by atoms with E-state index in [2.05, 4.69) is 24.4 Å². The van der Waals surface area contributed by atoms with E-state index in [9.17, 15) is 29.4 Å². The van der Waals surface area contributed by atoms with Gasteiger partial charge in [-0.25, -0.2) is 9.59 Å². The minimum absolute atomic E-state index is 0.0283. The molecule has 0 unspecified atom stereocenters. The Kier molecular flexibility index (Phi) is 9.40. The molecule has 2 aromatic carbocycles. The van der Waals surface area contributed by atoms with Gasteiger partial charge in [0.1, 0.15) is 0 Å². The average Bonchev–Trinajstić information content (AvgIpc) is 2.91. The van der Waals surface area contributed by atoms with E-state index in [4.69, 9.17) is 0 Å². The molecule has 0 spiro atoms. The molecule has 192 valence electrons. The highest BCUT2D eigenvalue weighted by Gasteiger charge is 2.20. The molecule has 0 atom stereocenters. The van der Waals surface area contributed by atoms with Crippen molar-refractivity contribution in [1.82, 2.24) is 24.4 Å². The van der Waals surface area contributed by atoms with Crippen LogP contribution in [-0.2, 0) is 0 Å². The summed E-state index contributed by atoms with van der Waals surface area (Å²) in [7, 11) is 0. The molecule has 0 bridgehead atoms. The van der Waals surface area contributed by atoms with Gasteiger partial charge in [0.25, 0.3) is 11.8 Å². The van der Waals surface area contributed by atoms with E-state index in [-0.39, 0.29) is 32.6 Å². The number of carbonyl (C=O) groups excluding carboxylic acids is 2. The summed E-state index contributed by atoms with van der Waals surface area (Å²) in [6, 6.07) is 11.6. The molecule has 37 heavy (non-hydrogen) atoms. The van der Waals surface area contributed by atoms with Crippen molar-refractivity contribution in [3.63, 3.8) is 0 Å². The predicted octanol–water partition coefficient (Wildman–Crippen LogP) is 2.99. The van der Waals surface area contributed by atoms with Crippen LogP contribution >= 0.6 is 23.9 Å². The van der Waals surface area contributed by atoms with Gasteiger partial charge in [0.05, 0.1) is 22.3 Å². The number of nitrogens with one attached hydrogen (secondary N) is 2. The molecule has 0 saturated carbocycles. The Balaban J connectivity index is 1.81. The van der Waals surface area contributed by atoms with Crippen LogP contribution in [0.5, 0.6) is 0 Å². The van der Waals surface area contributed by atoms with Crippen LogP contribution in [0.15, 0.2) is 58.8 Å². The second-order valence-electron chi connectivity index (χ2n) is 7.14. The molecule has 0 fully saturated rings. The Labute approximate surface area is 220 Å². The van der Waals surface area contributed by atoms with Gasteiger partial charge in [0.2, 0.25) is 16.3 Å². The second kappa shape index (κ2) is 12.7. The van der Waals surface area contributed by atoms with E-state index in [1.54, 1.807) is 12.1 Å². The lowest BCUT2D eigenvalue weighted by atomic mass is 10.1. The number of nitrogens with zero attached hydrogens (tertiary/aromatic N) is 4. The van der Waals surface area contributed by atoms with Crippen LogP contribution in [0.3, 0.4) is 0 Å². The Morgan fingerprint density at radius 2 is 1.08 bits per heavy atom. The molecule has 0 radical (unpaired) electrons. The predicted molar refractivity (Wildman–Crippen MR) is 137 cm³/mol. The van der Waals surface area contributed by atoms with Gasteiger partial charge in [-0.15, -0.1) is 0 Å². The van der Waals surface area contributed by atoms with Crippen LogP contribution in [0.1, 0.15) is 55.3 Å². The number of aromatic nitrogens is 3. The van der Waals surface area contributed by atoms with Crippen LogP contribution in [-0.4, -0.2) is 62.0 Å². The Morgan fingerprint density at radius 3 is 1.43 bits per heavy atom. The molecule has 14 heteroatoms. The monoisotopic (exact) mass is 542 g/mol. The number of carboxylic acid groups (broad SMARTS) is 2.